The molecule has 1 heterocycles. The molecule has 0 saturated heterocycles. The number of anilines is 1. The van der Waals surface area contributed by atoms with Gasteiger partial charge in [0.25, 0.3) is 0 Å². The molecule has 0 unspecified atom stereocenters. The minimum Gasteiger partial charge on any atom is -0.309 e. The highest BCUT2D eigenvalue weighted by Crippen LogP contribution is 2.48. The van der Waals surface area contributed by atoms with Crippen LogP contribution in [0.25, 0.3) is 0 Å². The van der Waals surface area contributed by atoms with Gasteiger partial charge in [-0.15, -0.1) is 0 Å². The summed E-state index contributed by atoms with van der Waals surface area (Å²) < 4.78 is 47.0. The number of benzene rings is 1. The van der Waals surface area contributed by atoms with Gasteiger partial charge in [-0.2, -0.15) is 0 Å². The lowest BCUT2D eigenvalue weighted by molar-refractivity contribution is -0.117. The lowest BCUT2D eigenvalue weighted by Gasteiger charge is -2.19. The molecule has 1 atom stereocenters. The lowest BCUT2D eigenvalue weighted by atomic mass is 9.89. The van der Waals surface area contributed by atoms with Gasteiger partial charge in [-0.3, -0.25) is 14.3 Å². The van der Waals surface area contributed by atoms with Crippen molar-refractivity contribution < 1.29 is 26.8 Å². The van der Waals surface area contributed by atoms with Crippen molar-refractivity contribution in [1.29, 1.82) is 0 Å². The number of carbonyl (C=O) groups excluding carboxylic acids is 1. The molecule has 37 heavy (non-hydrogen) atoms. The van der Waals surface area contributed by atoms with Gasteiger partial charge in [-0.1, -0.05) is 37.8 Å². The van der Waals surface area contributed by atoms with E-state index < -0.39 is 23.4 Å². The summed E-state index contributed by atoms with van der Waals surface area (Å²) in [6.07, 6.45) is 11.2. The molecule has 1 saturated carbocycles. The van der Waals surface area contributed by atoms with Crippen molar-refractivity contribution in [3.8, 4) is 0 Å². The Hall–Kier alpha value is -2.13. The monoisotopic (exact) mass is 551 g/mol. The molecule has 1 aromatic heterocycles. The third kappa shape index (κ3) is 8.99. The summed E-state index contributed by atoms with van der Waals surface area (Å²) in [5.41, 5.74) is 1.39. The van der Waals surface area contributed by atoms with Gasteiger partial charge in [0.2, 0.25) is 5.91 Å². The Morgan fingerprint density at radius 3 is 2.27 bits per heavy atom. The van der Waals surface area contributed by atoms with Crippen LogP contribution in [-0.4, -0.2) is 49.9 Å². The molecule has 0 aliphatic heterocycles. The van der Waals surface area contributed by atoms with E-state index in [1.807, 2.05) is 0 Å². The first-order valence-electron chi connectivity index (χ1n) is 12.9. The molecule has 0 spiro atoms. The first-order valence-corrected chi connectivity index (χ1v) is 16.6. The standard InChI is InChI=1S/C26H38N3O6PS/c1-4-34-36(31,35-5-2)17-16-22-18-28-25(19-27-22)29-26(30)24(15-10-20-8-6-7-9-20)21-11-13-23(14-12-21)37(3,32)33/h11-14,18-20,24H,4-10,15-17H2,1-3H3,(H,28,29,30)/t24-/m1/s1. The second-order valence-corrected chi connectivity index (χ2v) is 13.6. The Morgan fingerprint density at radius 1 is 1.08 bits per heavy atom. The summed E-state index contributed by atoms with van der Waals surface area (Å²) in [4.78, 5) is 22.2. The number of sulfone groups is 1. The number of rotatable bonds is 14. The molecule has 2 aromatic rings. The van der Waals surface area contributed by atoms with E-state index in [0.29, 0.717) is 43.5 Å². The number of aryl methyl sites for hydroxylation is 1. The fourth-order valence-corrected chi connectivity index (χ4v) is 6.92. The summed E-state index contributed by atoms with van der Waals surface area (Å²) in [7, 11) is -6.49. The van der Waals surface area contributed by atoms with Crippen LogP contribution in [0.5, 0.6) is 0 Å². The molecule has 3 rings (SSSR count). The highest BCUT2D eigenvalue weighted by atomic mass is 32.2. The molecule has 1 aliphatic carbocycles. The van der Waals surface area contributed by atoms with E-state index in [1.165, 1.54) is 38.1 Å². The Morgan fingerprint density at radius 2 is 1.73 bits per heavy atom. The van der Waals surface area contributed by atoms with Crippen molar-refractivity contribution in [3.63, 3.8) is 0 Å². The lowest BCUT2D eigenvalue weighted by Crippen LogP contribution is -2.22. The van der Waals surface area contributed by atoms with Crippen LogP contribution in [0.15, 0.2) is 41.6 Å². The van der Waals surface area contributed by atoms with Crippen molar-refractivity contribution in [2.24, 2.45) is 5.92 Å². The van der Waals surface area contributed by atoms with Crippen LogP contribution in [0.4, 0.5) is 5.82 Å². The van der Waals surface area contributed by atoms with Gasteiger partial charge in [0.15, 0.2) is 15.7 Å². The zero-order valence-corrected chi connectivity index (χ0v) is 23.6. The average Bonchev–Trinajstić information content (AvgIpc) is 3.38. The molecule has 1 N–H and O–H groups in total. The highest BCUT2D eigenvalue weighted by Gasteiger charge is 2.26. The summed E-state index contributed by atoms with van der Waals surface area (Å²) in [5, 5.41) is 2.87. The molecule has 1 amide bonds. The van der Waals surface area contributed by atoms with Crippen molar-refractivity contribution in [1.82, 2.24) is 9.97 Å². The zero-order valence-electron chi connectivity index (χ0n) is 21.9. The minimum atomic E-state index is -3.32. The van der Waals surface area contributed by atoms with Crippen molar-refractivity contribution in [3.05, 3.63) is 47.9 Å². The number of hydrogen-bond acceptors (Lipinski definition) is 8. The maximum absolute atomic E-state index is 13.3. The molecule has 1 aliphatic rings. The van der Waals surface area contributed by atoms with E-state index in [1.54, 1.807) is 44.3 Å². The Kier molecular flexibility index (Phi) is 10.8. The molecular weight excluding hydrogens is 513 g/mol. The number of nitrogens with zero attached hydrogens (tertiary/aromatic N) is 2. The Labute approximate surface area is 220 Å². The van der Waals surface area contributed by atoms with Crippen LogP contribution in [0.1, 0.15) is 69.5 Å². The first-order chi connectivity index (χ1) is 17.6. The number of nitrogens with one attached hydrogen (secondary N) is 1. The second kappa shape index (κ2) is 13.6. The first kappa shape index (κ1) is 29.4. The highest BCUT2D eigenvalue weighted by molar-refractivity contribution is 7.90. The summed E-state index contributed by atoms with van der Waals surface area (Å²) in [5.74, 6) is 0.308. The van der Waals surface area contributed by atoms with Gasteiger partial charge >= 0.3 is 7.60 Å². The van der Waals surface area contributed by atoms with Gasteiger partial charge in [-0.05, 0) is 50.3 Å². The molecule has 1 aromatic carbocycles. The molecule has 9 nitrogen and oxygen atoms in total. The predicted molar refractivity (Wildman–Crippen MR) is 144 cm³/mol. The summed E-state index contributed by atoms with van der Waals surface area (Å²) in [6, 6.07) is 6.55. The predicted octanol–water partition coefficient (Wildman–Crippen LogP) is 5.38. The molecule has 11 heteroatoms. The van der Waals surface area contributed by atoms with Crippen LogP contribution in [0, 0.1) is 5.92 Å². The topological polar surface area (TPSA) is 125 Å². The second-order valence-electron chi connectivity index (χ2n) is 9.42. The molecule has 204 valence electrons. The molecule has 1 fully saturated rings. The van der Waals surface area contributed by atoms with Crippen LogP contribution < -0.4 is 5.32 Å². The number of aromatic nitrogens is 2. The van der Waals surface area contributed by atoms with Crippen molar-refractivity contribution in [2.45, 2.75) is 69.6 Å². The zero-order chi connectivity index (χ0) is 26.9. The average molecular weight is 552 g/mol. The van der Waals surface area contributed by atoms with Crippen LogP contribution in [-0.2, 0) is 34.7 Å². The SMILES string of the molecule is CCOP(=O)(CCc1cnc(NC(=O)[C@H](CCC2CCCC2)c2ccc(S(C)(=O)=O)cc2)cn1)OCC. The van der Waals surface area contributed by atoms with E-state index in [0.717, 1.165) is 12.0 Å². The maximum atomic E-state index is 13.3. The van der Waals surface area contributed by atoms with Gasteiger partial charge in [0, 0.05) is 12.7 Å². The van der Waals surface area contributed by atoms with E-state index in [4.69, 9.17) is 9.05 Å². The number of hydrogen-bond donors (Lipinski definition) is 1. The quantitative estimate of drug-likeness (QED) is 0.310. The largest absolute Gasteiger partial charge is 0.331 e. The van der Waals surface area contributed by atoms with Gasteiger partial charge in [0.05, 0.1) is 48.3 Å². The molecule has 0 radical (unpaired) electrons. The van der Waals surface area contributed by atoms with Gasteiger partial charge in [0.1, 0.15) is 0 Å². The fraction of sp³-hybridized carbons (Fsp3) is 0.577. The Bertz CT molecular complexity index is 1160. The van der Waals surface area contributed by atoms with Gasteiger partial charge in [-0.25, -0.2) is 13.4 Å². The third-order valence-corrected chi connectivity index (χ3v) is 9.82. The third-order valence-electron chi connectivity index (χ3n) is 6.62. The molecule has 0 bridgehead atoms. The number of carbonyl (C=O) groups is 1. The summed E-state index contributed by atoms with van der Waals surface area (Å²) >= 11 is 0. The van der Waals surface area contributed by atoms with Crippen LogP contribution in [0.3, 0.4) is 0 Å². The maximum Gasteiger partial charge on any atom is 0.331 e. The minimum absolute atomic E-state index is 0.196. The fourth-order valence-electron chi connectivity index (χ4n) is 4.67. The van der Waals surface area contributed by atoms with Crippen LogP contribution in [0.2, 0.25) is 0 Å². The van der Waals surface area contributed by atoms with E-state index in [-0.39, 0.29) is 17.0 Å². The van der Waals surface area contributed by atoms with E-state index >= 15 is 0 Å². The normalized spacial score (nSPS) is 15.5. The van der Waals surface area contributed by atoms with E-state index in [9.17, 15) is 17.8 Å². The molecular formula is C26H38N3O6PS. The smallest absolute Gasteiger partial charge is 0.309 e. The summed E-state index contributed by atoms with van der Waals surface area (Å²) in [6.45, 7) is 4.13. The van der Waals surface area contributed by atoms with E-state index in [2.05, 4.69) is 15.3 Å². The van der Waals surface area contributed by atoms with Crippen molar-refractivity contribution >= 4 is 29.2 Å². The Balaban J connectivity index is 1.68. The van der Waals surface area contributed by atoms with Crippen LogP contribution >= 0.6 is 7.60 Å². The van der Waals surface area contributed by atoms with Gasteiger partial charge < -0.3 is 14.4 Å². The number of amides is 1. The van der Waals surface area contributed by atoms with Crippen molar-refractivity contribution in [2.75, 3.05) is 30.9 Å².